The van der Waals surface area contributed by atoms with Crippen LogP contribution in [0.25, 0.3) is 11.1 Å². The monoisotopic (exact) mass is 288 g/mol. The van der Waals surface area contributed by atoms with Gasteiger partial charge in [0.05, 0.1) is 18.2 Å². The fraction of sp³-hybridized carbons (Fsp3) is 0.150. The van der Waals surface area contributed by atoms with Crippen molar-refractivity contribution < 1.29 is 0 Å². The molecule has 0 atom stereocenters. The molecule has 3 aromatic rings. The molecular weight excluding hydrogens is 268 g/mol. The minimum Gasteiger partial charge on any atom is -0.345 e. The molecule has 1 aromatic heterocycles. The number of aromatic nitrogens is 2. The molecule has 0 bridgehead atoms. The zero-order chi connectivity index (χ0) is 15.2. The van der Waals surface area contributed by atoms with Crippen LogP contribution in [0, 0.1) is 0 Å². The quantitative estimate of drug-likeness (QED) is 0.689. The van der Waals surface area contributed by atoms with E-state index in [1.54, 1.807) is 6.33 Å². The average Bonchev–Trinajstić information content (AvgIpc) is 3.11. The normalized spacial score (nSPS) is 10.4. The maximum absolute atomic E-state index is 4.21. The highest BCUT2D eigenvalue weighted by atomic mass is 14.9. The molecule has 0 radical (unpaired) electrons. The van der Waals surface area contributed by atoms with Crippen molar-refractivity contribution in [3.05, 3.63) is 90.0 Å². The number of imidazole rings is 1. The molecule has 22 heavy (non-hydrogen) atoms. The molecule has 0 fully saturated rings. The van der Waals surface area contributed by atoms with Gasteiger partial charge in [-0.25, -0.2) is 4.98 Å². The summed E-state index contributed by atoms with van der Waals surface area (Å²) in [5.74, 6) is 0. The van der Waals surface area contributed by atoms with E-state index in [4.69, 9.17) is 0 Å². The van der Waals surface area contributed by atoms with Crippen molar-refractivity contribution in [3.63, 3.8) is 0 Å². The predicted molar refractivity (Wildman–Crippen MR) is 92.3 cm³/mol. The first-order chi connectivity index (χ1) is 10.9. The molecule has 3 rings (SSSR count). The maximum atomic E-state index is 4.21. The van der Waals surface area contributed by atoms with Crippen molar-refractivity contribution in [1.82, 2.24) is 9.97 Å². The van der Waals surface area contributed by atoms with E-state index in [-0.39, 0.29) is 0 Å². The molecule has 2 aromatic carbocycles. The molecule has 110 valence electrons. The van der Waals surface area contributed by atoms with E-state index in [1.807, 2.05) is 6.20 Å². The summed E-state index contributed by atoms with van der Waals surface area (Å²) >= 11 is 0. The van der Waals surface area contributed by atoms with E-state index in [9.17, 15) is 0 Å². The number of allylic oxidation sites excluding steroid dienone is 1. The first-order valence-corrected chi connectivity index (χ1v) is 7.73. The first-order valence-electron chi connectivity index (χ1n) is 7.73. The lowest BCUT2D eigenvalue weighted by molar-refractivity contribution is 0.968. The van der Waals surface area contributed by atoms with Gasteiger partial charge < -0.3 is 4.98 Å². The minimum absolute atomic E-state index is 1.02. The molecule has 0 aliphatic heterocycles. The Hall–Kier alpha value is -2.61. The van der Waals surface area contributed by atoms with Crippen LogP contribution in [0.15, 0.2) is 73.2 Å². The van der Waals surface area contributed by atoms with Crippen molar-refractivity contribution >= 4 is 11.1 Å². The number of hydrogen-bond acceptors (Lipinski definition) is 1. The van der Waals surface area contributed by atoms with Gasteiger partial charge in [-0.1, -0.05) is 74.0 Å². The van der Waals surface area contributed by atoms with Crippen LogP contribution in [0.2, 0.25) is 0 Å². The zero-order valence-corrected chi connectivity index (χ0v) is 12.8. The van der Waals surface area contributed by atoms with Crippen LogP contribution in [-0.4, -0.2) is 9.97 Å². The van der Waals surface area contributed by atoms with Gasteiger partial charge in [-0.2, -0.15) is 0 Å². The average molecular weight is 288 g/mol. The second-order valence-corrected chi connectivity index (χ2v) is 5.30. The lowest BCUT2D eigenvalue weighted by Gasteiger charge is -2.15. The molecule has 0 aliphatic rings. The SMILES string of the molecule is CCCC(=C(c1ccccc1)c1ccccc1)c1cnc[nH]1. The van der Waals surface area contributed by atoms with Crippen LogP contribution in [0.3, 0.4) is 0 Å². The summed E-state index contributed by atoms with van der Waals surface area (Å²) in [5, 5.41) is 0. The van der Waals surface area contributed by atoms with Crippen LogP contribution in [0.4, 0.5) is 0 Å². The molecular formula is C20H20N2. The minimum atomic E-state index is 1.02. The van der Waals surface area contributed by atoms with Gasteiger partial charge in [0.25, 0.3) is 0 Å². The number of nitrogens with one attached hydrogen (secondary N) is 1. The third-order valence-electron chi connectivity index (χ3n) is 3.75. The van der Waals surface area contributed by atoms with Gasteiger partial charge in [-0.05, 0) is 28.7 Å². The Balaban J connectivity index is 2.25. The highest BCUT2D eigenvalue weighted by Crippen LogP contribution is 2.33. The second-order valence-electron chi connectivity index (χ2n) is 5.30. The topological polar surface area (TPSA) is 28.7 Å². The van der Waals surface area contributed by atoms with Crippen LogP contribution < -0.4 is 0 Å². The molecule has 0 saturated carbocycles. The van der Waals surface area contributed by atoms with Crippen LogP contribution in [0.1, 0.15) is 36.6 Å². The summed E-state index contributed by atoms with van der Waals surface area (Å²) in [5.41, 5.74) is 6.19. The standard InChI is InChI=1S/C20H20N2/c1-2-9-18(19-14-21-15-22-19)20(16-10-5-3-6-11-16)17-12-7-4-8-13-17/h3-8,10-15H,2,9H2,1H3,(H,21,22). The zero-order valence-electron chi connectivity index (χ0n) is 12.8. The molecule has 0 aliphatic carbocycles. The number of nitrogens with zero attached hydrogens (tertiary/aromatic N) is 1. The Labute approximate surface area is 131 Å². The molecule has 2 heteroatoms. The van der Waals surface area contributed by atoms with E-state index in [2.05, 4.69) is 77.6 Å². The summed E-state index contributed by atoms with van der Waals surface area (Å²) in [7, 11) is 0. The van der Waals surface area contributed by atoms with E-state index >= 15 is 0 Å². The van der Waals surface area contributed by atoms with Gasteiger partial charge >= 0.3 is 0 Å². The van der Waals surface area contributed by atoms with E-state index in [0.29, 0.717) is 0 Å². The smallest absolute Gasteiger partial charge is 0.0924 e. The lowest BCUT2D eigenvalue weighted by atomic mass is 9.90. The van der Waals surface area contributed by atoms with E-state index < -0.39 is 0 Å². The van der Waals surface area contributed by atoms with Gasteiger partial charge in [0.2, 0.25) is 0 Å². The summed E-state index contributed by atoms with van der Waals surface area (Å²) < 4.78 is 0. The van der Waals surface area contributed by atoms with Gasteiger partial charge in [-0.15, -0.1) is 0 Å². The second kappa shape index (κ2) is 6.90. The van der Waals surface area contributed by atoms with Crippen LogP contribution in [0.5, 0.6) is 0 Å². The largest absolute Gasteiger partial charge is 0.345 e. The number of benzene rings is 2. The number of aromatic amines is 1. The van der Waals surface area contributed by atoms with Crippen molar-refractivity contribution in [2.75, 3.05) is 0 Å². The highest BCUT2D eigenvalue weighted by molar-refractivity contribution is 5.97. The lowest BCUT2D eigenvalue weighted by Crippen LogP contribution is -1.95. The molecule has 1 N–H and O–H groups in total. The third-order valence-corrected chi connectivity index (χ3v) is 3.75. The van der Waals surface area contributed by atoms with Gasteiger partial charge in [-0.3, -0.25) is 0 Å². The number of hydrogen-bond donors (Lipinski definition) is 1. The molecule has 2 nitrogen and oxygen atoms in total. The Morgan fingerprint density at radius 1 is 0.909 bits per heavy atom. The summed E-state index contributed by atoms with van der Waals surface area (Å²) in [6, 6.07) is 21.2. The van der Waals surface area contributed by atoms with Crippen molar-refractivity contribution in [2.45, 2.75) is 19.8 Å². The van der Waals surface area contributed by atoms with Crippen LogP contribution >= 0.6 is 0 Å². The van der Waals surface area contributed by atoms with Crippen LogP contribution in [-0.2, 0) is 0 Å². The van der Waals surface area contributed by atoms with Crippen molar-refractivity contribution in [2.24, 2.45) is 0 Å². The molecule has 0 amide bonds. The summed E-state index contributed by atoms with van der Waals surface area (Å²) in [6.07, 6.45) is 5.77. The van der Waals surface area contributed by atoms with Gasteiger partial charge in [0.15, 0.2) is 0 Å². The fourth-order valence-electron chi connectivity index (χ4n) is 2.79. The molecule has 0 unspecified atom stereocenters. The molecule has 0 saturated heterocycles. The van der Waals surface area contributed by atoms with Gasteiger partial charge in [0, 0.05) is 0 Å². The van der Waals surface area contributed by atoms with Gasteiger partial charge in [0.1, 0.15) is 0 Å². The third kappa shape index (κ3) is 3.01. The van der Waals surface area contributed by atoms with E-state index in [1.165, 1.54) is 22.3 Å². The fourth-order valence-corrected chi connectivity index (χ4v) is 2.79. The highest BCUT2D eigenvalue weighted by Gasteiger charge is 2.14. The summed E-state index contributed by atoms with van der Waals surface area (Å²) in [4.78, 5) is 7.48. The Bertz CT molecular complexity index is 684. The Morgan fingerprint density at radius 2 is 1.50 bits per heavy atom. The Morgan fingerprint density at radius 3 is 1.95 bits per heavy atom. The molecule has 0 spiro atoms. The van der Waals surface area contributed by atoms with Crippen molar-refractivity contribution in [3.8, 4) is 0 Å². The number of H-pyrrole nitrogens is 1. The first kappa shape index (κ1) is 14.3. The number of rotatable bonds is 5. The molecule has 1 heterocycles. The van der Waals surface area contributed by atoms with E-state index in [0.717, 1.165) is 18.5 Å². The summed E-state index contributed by atoms with van der Waals surface area (Å²) in [6.45, 7) is 2.21. The predicted octanol–water partition coefficient (Wildman–Crippen LogP) is 5.17. The Kier molecular flexibility index (Phi) is 4.50. The maximum Gasteiger partial charge on any atom is 0.0924 e. The van der Waals surface area contributed by atoms with Crippen molar-refractivity contribution in [1.29, 1.82) is 0 Å².